The molecule has 2 rings (SSSR count). The first kappa shape index (κ1) is 11.1. The van der Waals surface area contributed by atoms with Gasteiger partial charge in [-0.05, 0) is 41.4 Å². The first-order chi connectivity index (χ1) is 7.25. The summed E-state index contributed by atoms with van der Waals surface area (Å²) in [5, 5.41) is 7.76. The lowest BCUT2D eigenvalue weighted by Gasteiger charge is -2.10. The van der Waals surface area contributed by atoms with Gasteiger partial charge < -0.3 is 5.32 Å². The Morgan fingerprint density at radius 1 is 1.40 bits per heavy atom. The van der Waals surface area contributed by atoms with E-state index in [0.717, 1.165) is 10.9 Å². The molecule has 0 saturated carbocycles. The maximum absolute atomic E-state index is 5.87. The van der Waals surface area contributed by atoms with Crippen LogP contribution in [0, 0.1) is 0 Å². The molecular formula is C11H12ClNS2. The fraction of sp³-hybridized carbons (Fsp3) is 0.273. The fourth-order valence-electron chi connectivity index (χ4n) is 1.34. The molecule has 0 fully saturated rings. The summed E-state index contributed by atoms with van der Waals surface area (Å²) in [4.78, 5) is 1.28. The predicted molar refractivity (Wildman–Crippen MR) is 68.9 cm³/mol. The second kappa shape index (κ2) is 5.12. The molecule has 0 aromatic carbocycles. The van der Waals surface area contributed by atoms with Gasteiger partial charge >= 0.3 is 0 Å². The highest BCUT2D eigenvalue weighted by Crippen LogP contribution is 2.22. The summed E-state index contributed by atoms with van der Waals surface area (Å²) in [7, 11) is 0. The predicted octanol–water partition coefficient (Wildman–Crippen LogP) is 4.31. The van der Waals surface area contributed by atoms with Crippen molar-refractivity contribution in [1.82, 2.24) is 5.32 Å². The zero-order valence-electron chi connectivity index (χ0n) is 8.37. The van der Waals surface area contributed by atoms with Crippen LogP contribution in [0.4, 0.5) is 0 Å². The van der Waals surface area contributed by atoms with Gasteiger partial charge in [0.25, 0.3) is 0 Å². The van der Waals surface area contributed by atoms with Gasteiger partial charge in [-0.15, -0.1) is 11.3 Å². The summed E-state index contributed by atoms with van der Waals surface area (Å²) in [6, 6.07) is 6.57. The van der Waals surface area contributed by atoms with Gasteiger partial charge in [0, 0.05) is 17.5 Å². The Balaban J connectivity index is 1.88. The highest BCUT2D eigenvalue weighted by atomic mass is 35.5. The van der Waals surface area contributed by atoms with Crippen LogP contribution in [0.3, 0.4) is 0 Å². The Hall–Kier alpha value is -0.350. The van der Waals surface area contributed by atoms with Crippen LogP contribution in [0.15, 0.2) is 29.0 Å². The maximum atomic E-state index is 5.87. The van der Waals surface area contributed by atoms with Crippen molar-refractivity contribution in [2.75, 3.05) is 0 Å². The number of halogens is 1. The minimum atomic E-state index is 0.400. The lowest BCUT2D eigenvalue weighted by molar-refractivity contribution is 0.580. The Kier molecular flexibility index (Phi) is 3.81. The highest BCUT2D eigenvalue weighted by molar-refractivity contribution is 7.16. The van der Waals surface area contributed by atoms with E-state index in [1.807, 2.05) is 6.07 Å². The molecular weight excluding hydrogens is 246 g/mol. The van der Waals surface area contributed by atoms with E-state index in [9.17, 15) is 0 Å². The lowest BCUT2D eigenvalue weighted by atomic mass is 10.2. The number of hydrogen-bond donors (Lipinski definition) is 1. The van der Waals surface area contributed by atoms with E-state index in [1.165, 1.54) is 10.4 Å². The van der Waals surface area contributed by atoms with E-state index in [-0.39, 0.29) is 0 Å². The second-order valence-electron chi connectivity index (χ2n) is 3.37. The standard InChI is InChI=1S/C11H12ClNS2/c1-8(9-4-5-14-7-9)13-6-10-2-3-11(12)15-10/h2-5,7-8,13H,6H2,1H3. The number of nitrogens with one attached hydrogen (secondary N) is 1. The molecule has 1 unspecified atom stereocenters. The van der Waals surface area contributed by atoms with Crippen LogP contribution in [-0.2, 0) is 6.54 Å². The van der Waals surface area contributed by atoms with Crippen molar-refractivity contribution in [2.24, 2.45) is 0 Å². The molecule has 2 heterocycles. The van der Waals surface area contributed by atoms with Crippen LogP contribution in [0.2, 0.25) is 4.34 Å². The average molecular weight is 258 g/mol. The topological polar surface area (TPSA) is 12.0 Å². The minimum absolute atomic E-state index is 0.400. The average Bonchev–Trinajstić information content (AvgIpc) is 2.84. The molecule has 0 aliphatic rings. The van der Waals surface area contributed by atoms with Crippen molar-refractivity contribution >= 4 is 34.3 Å². The molecule has 0 radical (unpaired) electrons. The van der Waals surface area contributed by atoms with Crippen LogP contribution in [-0.4, -0.2) is 0 Å². The third-order valence-corrected chi connectivity index (χ3v) is 4.19. The van der Waals surface area contributed by atoms with Crippen LogP contribution < -0.4 is 5.32 Å². The summed E-state index contributed by atoms with van der Waals surface area (Å²) < 4.78 is 0.856. The fourth-order valence-corrected chi connectivity index (χ4v) is 3.13. The van der Waals surface area contributed by atoms with E-state index in [1.54, 1.807) is 22.7 Å². The molecule has 0 bridgehead atoms. The van der Waals surface area contributed by atoms with E-state index >= 15 is 0 Å². The summed E-state index contributed by atoms with van der Waals surface area (Å²) >= 11 is 9.24. The highest BCUT2D eigenvalue weighted by Gasteiger charge is 2.05. The van der Waals surface area contributed by atoms with E-state index in [0.29, 0.717) is 6.04 Å². The van der Waals surface area contributed by atoms with Crippen LogP contribution in [0.5, 0.6) is 0 Å². The zero-order chi connectivity index (χ0) is 10.7. The first-order valence-electron chi connectivity index (χ1n) is 4.75. The molecule has 0 amide bonds. The SMILES string of the molecule is CC(NCc1ccc(Cl)s1)c1ccsc1. The summed E-state index contributed by atoms with van der Waals surface area (Å²) in [5.74, 6) is 0. The minimum Gasteiger partial charge on any atom is -0.305 e. The Bertz CT molecular complexity index is 408. The van der Waals surface area contributed by atoms with E-state index < -0.39 is 0 Å². The van der Waals surface area contributed by atoms with Crippen molar-refractivity contribution in [1.29, 1.82) is 0 Å². The number of thiophene rings is 2. The van der Waals surface area contributed by atoms with Crippen molar-refractivity contribution in [3.63, 3.8) is 0 Å². The number of rotatable bonds is 4. The molecule has 2 aromatic rings. The Morgan fingerprint density at radius 2 is 2.27 bits per heavy atom. The molecule has 0 aliphatic heterocycles. The van der Waals surface area contributed by atoms with Gasteiger partial charge in [0.05, 0.1) is 4.34 Å². The van der Waals surface area contributed by atoms with Crippen LogP contribution >= 0.6 is 34.3 Å². The smallest absolute Gasteiger partial charge is 0.0931 e. The number of hydrogen-bond acceptors (Lipinski definition) is 3. The monoisotopic (exact) mass is 257 g/mol. The quantitative estimate of drug-likeness (QED) is 0.861. The molecule has 0 spiro atoms. The van der Waals surface area contributed by atoms with E-state index in [4.69, 9.17) is 11.6 Å². The van der Waals surface area contributed by atoms with Crippen molar-refractivity contribution in [2.45, 2.75) is 19.5 Å². The Labute approximate surface area is 103 Å². The largest absolute Gasteiger partial charge is 0.305 e. The molecule has 0 saturated heterocycles. The van der Waals surface area contributed by atoms with Crippen LogP contribution in [0.25, 0.3) is 0 Å². The summed E-state index contributed by atoms with van der Waals surface area (Å²) in [6.07, 6.45) is 0. The lowest BCUT2D eigenvalue weighted by Crippen LogP contribution is -2.16. The van der Waals surface area contributed by atoms with Crippen molar-refractivity contribution in [3.8, 4) is 0 Å². The van der Waals surface area contributed by atoms with Crippen LogP contribution in [0.1, 0.15) is 23.4 Å². The van der Waals surface area contributed by atoms with Gasteiger partial charge in [0.2, 0.25) is 0 Å². The summed E-state index contributed by atoms with van der Waals surface area (Å²) in [6.45, 7) is 3.06. The maximum Gasteiger partial charge on any atom is 0.0931 e. The zero-order valence-corrected chi connectivity index (χ0v) is 10.8. The molecule has 80 valence electrons. The van der Waals surface area contributed by atoms with Crippen molar-refractivity contribution in [3.05, 3.63) is 43.7 Å². The molecule has 15 heavy (non-hydrogen) atoms. The van der Waals surface area contributed by atoms with Gasteiger partial charge in [0.1, 0.15) is 0 Å². The van der Waals surface area contributed by atoms with E-state index in [2.05, 4.69) is 35.1 Å². The molecule has 2 aromatic heterocycles. The first-order valence-corrected chi connectivity index (χ1v) is 6.89. The molecule has 4 heteroatoms. The van der Waals surface area contributed by atoms with Gasteiger partial charge in [0.15, 0.2) is 0 Å². The second-order valence-corrected chi connectivity index (χ2v) is 5.94. The van der Waals surface area contributed by atoms with Crippen molar-refractivity contribution < 1.29 is 0 Å². The van der Waals surface area contributed by atoms with Gasteiger partial charge in [-0.3, -0.25) is 0 Å². The summed E-state index contributed by atoms with van der Waals surface area (Å²) in [5.41, 5.74) is 1.35. The van der Waals surface area contributed by atoms with Gasteiger partial charge in [-0.25, -0.2) is 0 Å². The molecule has 1 atom stereocenters. The third-order valence-electron chi connectivity index (χ3n) is 2.25. The van der Waals surface area contributed by atoms with Gasteiger partial charge in [-0.2, -0.15) is 11.3 Å². The molecule has 0 aliphatic carbocycles. The third kappa shape index (κ3) is 3.05. The van der Waals surface area contributed by atoms with Gasteiger partial charge in [-0.1, -0.05) is 11.6 Å². The molecule has 1 nitrogen and oxygen atoms in total. The molecule has 1 N–H and O–H groups in total. The Morgan fingerprint density at radius 3 is 2.87 bits per heavy atom. The normalized spacial score (nSPS) is 12.9.